The summed E-state index contributed by atoms with van der Waals surface area (Å²) in [4.78, 5) is 0. The third-order valence-corrected chi connectivity index (χ3v) is 2.64. The highest BCUT2D eigenvalue weighted by atomic mass is 16.5. The molecule has 0 saturated carbocycles. The minimum Gasteiger partial charge on any atom is -0.316 e. The second-order valence-electron chi connectivity index (χ2n) is 3.89. The number of hydrogen-bond acceptors (Lipinski definition) is 2. The van der Waals surface area contributed by atoms with Crippen molar-refractivity contribution in [2.75, 3.05) is 0 Å². The average molecular weight is 213 g/mol. The lowest BCUT2D eigenvalue weighted by Crippen LogP contribution is -2.18. The topological polar surface area (TPSA) is 32.3 Å². The van der Waals surface area contributed by atoms with Crippen LogP contribution < -0.4 is 5.48 Å². The van der Waals surface area contributed by atoms with Crippen LogP contribution >= 0.6 is 0 Å². The monoisotopic (exact) mass is 213 g/mol. The van der Waals surface area contributed by atoms with Crippen LogP contribution in [0.2, 0.25) is 0 Å². The van der Waals surface area contributed by atoms with Crippen molar-refractivity contribution in [3.63, 3.8) is 0 Å². The largest absolute Gasteiger partial charge is 0.316 e. The zero-order valence-corrected chi connectivity index (χ0v) is 9.22. The number of hydroxylamine groups is 1. The number of benzene rings is 2. The van der Waals surface area contributed by atoms with E-state index in [4.69, 9.17) is 0 Å². The Morgan fingerprint density at radius 1 is 0.938 bits per heavy atom. The maximum absolute atomic E-state index is 9.27. The Bertz CT molecular complexity index is 453. The van der Waals surface area contributed by atoms with Gasteiger partial charge in [0.2, 0.25) is 0 Å². The van der Waals surface area contributed by atoms with Gasteiger partial charge in [-0.05, 0) is 18.1 Å². The van der Waals surface area contributed by atoms with Gasteiger partial charge in [0.15, 0.2) is 0 Å². The second-order valence-corrected chi connectivity index (χ2v) is 3.89. The predicted octanol–water partition coefficient (Wildman–Crippen LogP) is 3.06. The van der Waals surface area contributed by atoms with Gasteiger partial charge in [-0.15, -0.1) is 0 Å². The van der Waals surface area contributed by atoms with Crippen LogP contribution in [0.3, 0.4) is 0 Å². The van der Waals surface area contributed by atoms with E-state index in [1.807, 2.05) is 55.5 Å². The van der Waals surface area contributed by atoms with E-state index in [0.717, 1.165) is 11.1 Å². The standard InChI is InChI=1S/C14H15NO/c1-11-6-5-9-13(10-11)14(15-16)12-7-3-2-4-8-12/h2-10,14-16H,1H3. The fourth-order valence-electron chi connectivity index (χ4n) is 1.84. The second kappa shape index (κ2) is 4.92. The first-order valence-corrected chi connectivity index (χ1v) is 5.32. The Balaban J connectivity index is 2.37. The van der Waals surface area contributed by atoms with E-state index in [-0.39, 0.29) is 6.04 Å². The van der Waals surface area contributed by atoms with E-state index in [2.05, 4.69) is 11.5 Å². The average Bonchev–Trinajstić information content (AvgIpc) is 2.31. The summed E-state index contributed by atoms with van der Waals surface area (Å²) < 4.78 is 0. The summed E-state index contributed by atoms with van der Waals surface area (Å²) in [7, 11) is 0. The van der Waals surface area contributed by atoms with Crippen molar-refractivity contribution >= 4 is 0 Å². The van der Waals surface area contributed by atoms with Crippen molar-refractivity contribution in [3.05, 3.63) is 71.3 Å². The summed E-state index contributed by atoms with van der Waals surface area (Å²) in [6, 6.07) is 17.8. The molecule has 0 heterocycles. The molecular weight excluding hydrogens is 198 g/mol. The van der Waals surface area contributed by atoms with Gasteiger partial charge < -0.3 is 5.21 Å². The Kier molecular flexibility index (Phi) is 3.34. The van der Waals surface area contributed by atoms with Gasteiger partial charge in [0.1, 0.15) is 0 Å². The molecular formula is C14H15NO. The Labute approximate surface area is 95.5 Å². The molecule has 2 heteroatoms. The first-order chi connectivity index (χ1) is 7.81. The molecule has 0 aromatic heterocycles. The van der Waals surface area contributed by atoms with Crippen LogP contribution in [0.15, 0.2) is 54.6 Å². The van der Waals surface area contributed by atoms with Crippen molar-refractivity contribution in [2.45, 2.75) is 13.0 Å². The Hall–Kier alpha value is -1.64. The van der Waals surface area contributed by atoms with Crippen LogP contribution in [-0.2, 0) is 0 Å². The first kappa shape index (κ1) is 10.9. The van der Waals surface area contributed by atoms with Crippen LogP contribution in [0.1, 0.15) is 22.7 Å². The SMILES string of the molecule is Cc1cccc(C(NO)c2ccccc2)c1. The van der Waals surface area contributed by atoms with Crippen molar-refractivity contribution < 1.29 is 5.21 Å². The zero-order valence-electron chi connectivity index (χ0n) is 9.22. The van der Waals surface area contributed by atoms with Crippen LogP contribution in [0, 0.1) is 6.92 Å². The van der Waals surface area contributed by atoms with E-state index >= 15 is 0 Å². The van der Waals surface area contributed by atoms with Gasteiger partial charge in [-0.3, -0.25) is 0 Å². The molecule has 0 fully saturated rings. The summed E-state index contributed by atoms with van der Waals surface area (Å²) in [6.45, 7) is 2.04. The van der Waals surface area contributed by atoms with Gasteiger partial charge >= 0.3 is 0 Å². The summed E-state index contributed by atoms with van der Waals surface area (Å²) in [6.07, 6.45) is 0. The highest BCUT2D eigenvalue weighted by molar-refractivity contribution is 5.33. The summed E-state index contributed by atoms with van der Waals surface area (Å²) in [5, 5.41) is 9.27. The molecule has 0 aliphatic rings. The van der Waals surface area contributed by atoms with Gasteiger partial charge in [0.25, 0.3) is 0 Å². The number of nitrogens with one attached hydrogen (secondary N) is 1. The van der Waals surface area contributed by atoms with Gasteiger partial charge in [0.05, 0.1) is 6.04 Å². The normalized spacial score (nSPS) is 12.4. The third kappa shape index (κ3) is 2.30. The highest BCUT2D eigenvalue weighted by Crippen LogP contribution is 2.21. The number of aryl methyl sites for hydroxylation is 1. The quantitative estimate of drug-likeness (QED) is 0.768. The molecule has 0 amide bonds. The molecule has 0 spiro atoms. The summed E-state index contributed by atoms with van der Waals surface area (Å²) >= 11 is 0. The molecule has 1 unspecified atom stereocenters. The number of hydrogen-bond donors (Lipinski definition) is 2. The molecule has 1 atom stereocenters. The van der Waals surface area contributed by atoms with Crippen molar-refractivity contribution in [2.24, 2.45) is 0 Å². The van der Waals surface area contributed by atoms with Crippen molar-refractivity contribution in [1.29, 1.82) is 0 Å². The fraction of sp³-hybridized carbons (Fsp3) is 0.143. The third-order valence-electron chi connectivity index (χ3n) is 2.64. The van der Waals surface area contributed by atoms with E-state index < -0.39 is 0 Å². The molecule has 2 N–H and O–H groups in total. The Morgan fingerprint density at radius 2 is 1.62 bits per heavy atom. The van der Waals surface area contributed by atoms with E-state index in [1.54, 1.807) is 0 Å². The molecule has 82 valence electrons. The maximum Gasteiger partial charge on any atom is 0.0819 e. The molecule has 0 saturated heterocycles. The lowest BCUT2D eigenvalue weighted by atomic mass is 9.98. The highest BCUT2D eigenvalue weighted by Gasteiger charge is 2.11. The Morgan fingerprint density at radius 3 is 2.25 bits per heavy atom. The molecule has 0 radical (unpaired) electrons. The van der Waals surface area contributed by atoms with E-state index in [0.29, 0.717) is 0 Å². The zero-order chi connectivity index (χ0) is 11.4. The number of rotatable bonds is 3. The minimum absolute atomic E-state index is 0.166. The van der Waals surface area contributed by atoms with E-state index in [1.165, 1.54) is 5.56 Å². The molecule has 0 aliphatic carbocycles. The van der Waals surface area contributed by atoms with Crippen molar-refractivity contribution in [1.82, 2.24) is 5.48 Å². The van der Waals surface area contributed by atoms with Crippen molar-refractivity contribution in [3.8, 4) is 0 Å². The minimum atomic E-state index is -0.166. The molecule has 16 heavy (non-hydrogen) atoms. The van der Waals surface area contributed by atoms with Gasteiger partial charge in [-0.25, -0.2) is 0 Å². The molecule has 2 rings (SSSR count). The fourth-order valence-corrected chi connectivity index (χ4v) is 1.84. The lowest BCUT2D eigenvalue weighted by Gasteiger charge is -2.16. The van der Waals surface area contributed by atoms with Crippen LogP contribution in [0.25, 0.3) is 0 Å². The summed E-state index contributed by atoms with van der Waals surface area (Å²) in [5.74, 6) is 0. The van der Waals surface area contributed by atoms with Gasteiger partial charge in [-0.2, -0.15) is 5.48 Å². The molecule has 2 aromatic carbocycles. The molecule has 0 bridgehead atoms. The molecule has 2 aromatic rings. The van der Waals surface area contributed by atoms with Crippen LogP contribution in [-0.4, -0.2) is 5.21 Å². The summed E-state index contributed by atoms with van der Waals surface area (Å²) in [5.41, 5.74) is 5.67. The first-order valence-electron chi connectivity index (χ1n) is 5.32. The van der Waals surface area contributed by atoms with E-state index in [9.17, 15) is 5.21 Å². The predicted molar refractivity (Wildman–Crippen MR) is 64.4 cm³/mol. The molecule has 0 aliphatic heterocycles. The van der Waals surface area contributed by atoms with Crippen LogP contribution in [0.5, 0.6) is 0 Å². The van der Waals surface area contributed by atoms with Crippen LogP contribution in [0.4, 0.5) is 0 Å². The van der Waals surface area contributed by atoms with Gasteiger partial charge in [-0.1, -0.05) is 60.2 Å². The lowest BCUT2D eigenvalue weighted by molar-refractivity contribution is 0.141. The maximum atomic E-state index is 9.27. The van der Waals surface area contributed by atoms with Gasteiger partial charge in [0, 0.05) is 0 Å². The smallest absolute Gasteiger partial charge is 0.0819 e. The molecule has 2 nitrogen and oxygen atoms in total.